The van der Waals surface area contributed by atoms with Crippen LogP contribution < -0.4 is 5.32 Å². The van der Waals surface area contributed by atoms with Crippen molar-refractivity contribution < 1.29 is 13.2 Å². The summed E-state index contributed by atoms with van der Waals surface area (Å²) in [6, 6.07) is 0. The highest BCUT2D eigenvalue weighted by Crippen LogP contribution is 2.22. The van der Waals surface area contributed by atoms with Gasteiger partial charge in [-0.15, -0.1) is 0 Å². The molecule has 2 N–H and O–H groups in total. The highest BCUT2D eigenvalue weighted by atomic mass is 32.2. The van der Waals surface area contributed by atoms with Crippen LogP contribution >= 0.6 is 0 Å². The number of nitrogens with one attached hydrogen (secondary N) is 2. The van der Waals surface area contributed by atoms with Crippen LogP contribution in [0.25, 0.3) is 0 Å². The molecule has 1 aliphatic heterocycles. The van der Waals surface area contributed by atoms with Gasteiger partial charge in [0.15, 0.2) is 0 Å². The van der Waals surface area contributed by atoms with E-state index in [2.05, 4.69) is 20.7 Å². The highest BCUT2D eigenvalue weighted by Gasteiger charge is 2.34. The molecule has 1 fully saturated rings. The average Bonchev–Trinajstić information content (AvgIpc) is 3.02. The Kier molecular flexibility index (Phi) is 4.86. The first-order valence-electron chi connectivity index (χ1n) is 7.42. The summed E-state index contributed by atoms with van der Waals surface area (Å²) in [6.45, 7) is 6.04. The van der Waals surface area contributed by atoms with Gasteiger partial charge < -0.3 is 5.32 Å². The largest absolute Gasteiger partial charge is 0.345 e. The van der Waals surface area contributed by atoms with Crippen molar-refractivity contribution in [2.45, 2.75) is 39.2 Å². The zero-order valence-electron chi connectivity index (χ0n) is 13.2. The number of nitrogens with zero attached hydrogens (tertiary/aromatic N) is 3. The Morgan fingerprint density at radius 2 is 2.27 bits per heavy atom. The summed E-state index contributed by atoms with van der Waals surface area (Å²) in [4.78, 5) is 12.5. The van der Waals surface area contributed by atoms with Gasteiger partial charge >= 0.3 is 0 Å². The van der Waals surface area contributed by atoms with Crippen LogP contribution in [0.3, 0.4) is 0 Å². The second-order valence-corrected chi connectivity index (χ2v) is 8.32. The molecule has 0 spiro atoms. The minimum Gasteiger partial charge on any atom is -0.345 e. The van der Waals surface area contributed by atoms with Gasteiger partial charge in [0, 0.05) is 13.1 Å². The van der Waals surface area contributed by atoms with E-state index in [1.165, 1.54) is 4.31 Å². The second kappa shape index (κ2) is 6.33. The number of rotatable bonds is 5. The topological polar surface area (TPSA) is 108 Å². The fourth-order valence-electron chi connectivity index (χ4n) is 2.57. The van der Waals surface area contributed by atoms with Crippen molar-refractivity contribution in [3.8, 4) is 0 Å². The van der Waals surface area contributed by atoms with Crippen molar-refractivity contribution in [1.29, 1.82) is 0 Å². The van der Waals surface area contributed by atoms with Crippen LogP contribution in [0.15, 0.2) is 6.20 Å². The van der Waals surface area contributed by atoms with Crippen LogP contribution in [0, 0.1) is 5.92 Å². The number of piperidine rings is 1. The number of amides is 1. The lowest BCUT2D eigenvalue weighted by atomic mass is 9.95. The van der Waals surface area contributed by atoms with E-state index < -0.39 is 15.6 Å². The van der Waals surface area contributed by atoms with Crippen molar-refractivity contribution in [3.05, 3.63) is 11.9 Å². The number of carbonyl (C=O) groups is 1. The smallest absolute Gasteiger partial charge is 0.225 e. The minimum absolute atomic E-state index is 0.0613. The van der Waals surface area contributed by atoms with Crippen molar-refractivity contribution >= 4 is 15.9 Å². The van der Waals surface area contributed by atoms with E-state index >= 15 is 0 Å². The lowest BCUT2D eigenvalue weighted by Crippen LogP contribution is -2.50. The molecule has 1 saturated heterocycles. The molecule has 1 amide bonds. The monoisotopic (exact) mass is 329 g/mol. The van der Waals surface area contributed by atoms with Crippen LogP contribution in [0.1, 0.15) is 39.3 Å². The second-order valence-electron chi connectivity index (χ2n) is 6.07. The maximum atomic E-state index is 12.5. The van der Waals surface area contributed by atoms with Crippen molar-refractivity contribution in [2.24, 2.45) is 5.92 Å². The SMILES string of the molecule is CCS(=O)(=O)N1CCC[C@H](C(=O)NC(C)(C)c2cn[nH]n2)C1. The summed E-state index contributed by atoms with van der Waals surface area (Å²) < 4.78 is 25.4. The first-order valence-corrected chi connectivity index (χ1v) is 9.03. The van der Waals surface area contributed by atoms with Crippen molar-refractivity contribution in [2.75, 3.05) is 18.8 Å². The molecule has 2 heterocycles. The van der Waals surface area contributed by atoms with E-state index in [0.29, 0.717) is 25.1 Å². The third-order valence-corrected chi connectivity index (χ3v) is 5.85. The maximum absolute atomic E-state index is 12.5. The quantitative estimate of drug-likeness (QED) is 0.803. The summed E-state index contributed by atoms with van der Waals surface area (Å²) in [5.74, 6) is -0.420. The van der Waals surface area contributed by atoms with Crippen molar-refractivity contribution in [1.82, 2.24) is 25.0 Å². The first kappa shape index (κ1) is 16.9. The predicted octanol–water partition coefficient (Wildman–Crippen LogP) is 0.218. The zero-order valence-corrected chi connectivity index (χ0v) is 14.0. The summed E-state index contributed by atoms with van der Waals surface area (Å²) in [5, 5.41) is 13.2. The van der Waals surface area contributed by atoms with Crippen LogP contribution in [0.5, 0.6) is 0 Å². The van der Waals surface area contributed by atoms with Gasteiger partial charge in [-0.1, -0.05) is 0 Å². The number of H-pyrrole nitrogens is 1. The maximum Gasteiger partial charge on any atom is 0.225 e. The molecule has 9 heteroatoms. The number of hydrogen-bond donors (Lipinski definition) is 2. The lowest BCUT2D eigenvalue weighted by Gasteiger charge is -2.33. The Hall–Kier alpha value is -1.48. The molecule has 0 aromatic carbocycles. The van der Waals surface area contributed by atoms with E-state index in [-0.39, 0.29) is 24.1 Å². The molecular formula is C13H23N5O3S. The molecule has 0 aliphatic carbocycles. The number of sulfonamides is 1. The fraction of sp³-hybridized carbons (Fsp3) is 0.769. The van der Waals surface area contributed by atoms with Gasteiger partial charge in [-0.05, 0) is 33.6 Å². The molecule has 0 saturated carbocycles. The average molecular weight is 329 g/mol. The van der Waals surface area contributed by atoms with E-state index in [4.69, 9.17) is 0 Å². The summed E-state index contributed by atoms with van der Waals surface area (Å²) in [7, 11) is -3.25. The van der Waals surface area contributed by atoms with E-state index in [1.54, 1.807) is 13.1 Å². The van der Waals surface area contributed by atoms with Gasteiger partial charge in [0.1, 0.15) is 5.69 Å². The van der Waals surface area contributed by atoms with E-state index in [1.807, 2.05) is 13.8 Å². The first-order chi connectivity index (χ1) is 10.3. The van der Waals surface area contributed by atoms with Crippen LogP contribution in [0.4, 0.5) is 0 Å². The molecule has 22 heavy (non-hydrogen) atoms. The van der Waals surface area contributed by atoms with Crippen LogP contribution in [-0.4, -0.2) is 52.9 Å². The Bertz CT molecular complexity index is 612. The normalized spacial score (nSPS) is 20.8. The highest BCUT2D eigenvalue weighted by molar-refractivity contribution is 7.89. The molecule has 1 aromatic rings. The Morgan fingerprint density at radius 3 is 2.86 bits per heavy atom. The Balaban J connectivity index is 2.04. The van der Waals surface area contributed by atoms with Gasteiger partial charge in [0.25, 0.3) is 0 Å². The van der Waals surface area contributed by atoms with Crippen LogP contribution in [-0.2, 0) is 20.4 Å². The Morgan fingerprint density at radius 1 is 1.55 bits per heavy atom. The van der Waals surface area contributed by atoms with E-state index in [0.717, 1.165) is 0 Å². The van der Waals surface area contributed by atoms with Gasteiger partial charge in [0.05, 0.1) is 23.4 Å². The molecule has 8 nitrogen and oxygen atoms in total. The Labute approximate surface area is 130 Å². The van der Waals surface area contributed by atoms with Gasteiger partial charge in [-0.3, -0.25) is 4.79 Å². The number of carbonyl (C=O) groups excluding carboxylic acids is 1. The molecule has 0 unspecified atom stereocenters. The summed E-state index contributed by atoms with van der Waals surface area (Å²) in [5.41, 5.74) is -0.0228. The number of hydrogen-bond acceptors (Lipinski definition) is 5. The molecule has 1 atom stereocenters. The third-order valence-electron chi connectivity index (χ3n) is 4.00. The van der Waals surface area contributed by atoms with Gasteiger partial charge in [-0.25, -0.2) is 12.7 Å². The molecular weight excluding hydrogens is 306 g/mol. The molecule has 124 valence electrons. The molecule has 0 radical (unpaired) electrons. The van der Waals surface area contributed by atoms with Gasteiger partial charge in [-0.2, -0.15) is 15.4 Å². The lowest BCUT2D eigenvalue weighted by molar-refractivity contribution is -0.127. The standard InChI is InChI=1S/C13H23N5O3S/c1-4-22(20,21)18-7-5-6-10(9-18)12(19)15-13(2,3)11-8-14-17-16-11/h8,10H,4-7,9H2,1-3H3,(H,15,19)(H,14,16,17)/t10-/m0/s1. The molecule has 1 aliphatic rings. The van der Waals surface area contributed by atoms with Crippen molar-refractivity contribution in [3.63, 3.8) is 0 Å². The number of aromatic amines is 1. The molecule has 1 aromatic heterocycles. The number of aromatic nitrogens is 3. The zero-order chi connectivity index (χ0) is 16.4. The molecule has 0 bridgehead atoms. The predicted molar refractivity (Wildman–Crippen MR) is 81.3 cm³/mol. The van der Waals surface area contributed by atoms with Crippen LogP contribution in [0.2, 0.25) is 0 Å². The summed E-state index contributed by atoms with van der Waals surface area (Å²) in [6.07, 6.45) is 2.95. The third kappa shape index (κ3) is 3.64. The van der Waals surface area contributed by atoms with E-state index in [9.17, 15) is 13.2 Å². The minimum atomic E-state index is -3.25. The summed E-state index contributed by atoms with van der Waals surface area (Å²) >= 11 is 0. The molecule has 2 rings (SSSR count). The fourth-order valence-corrected chi connectivity index (χ4v) is 3.75. The van der Waals surface area contributed by atoms with Gasteiger partial charge in [0.2, 0.25) is 15.9 Å².